The molecule has 8 heteroatoms. The number of rotatable bonds is 10. The minimum absolute atomic E-state index is 0.00962. The molecule has 0 spiro atoms. The molecule has 0 radical (unpaired) electrons. The number of anilines is 1. The standard InChI is InChI=1S/C27H28N4O3S/c1-4-30(21-11-7-5-8-12-21)25(32)19-35-27-29-28-26(31(27)22-13-9-6-10-14-22)20(2)34-24-17-15-23(33-3)16-18-24/h5-18,20H,4,19H2,1-3H3. The van der Waals surface area contributed by atoms with Crippen molar-refractivity contribution in [2.24, 2.45) is 0 Å². The summed E-state index contributed by atoms with van der Waals surface area (Å²) in [5.74, 6) is 2.36. The van der Waals surface area contributed by atoms with Gasteiger partial charge in [-0.2, -0.15) is 0 Å². The predicted molar refractivity (Wildman–Crippen MR) is 139 cm³/mol. The largest absolute Gasteiger partial charge is 0.497 e. The summed E-state index contributed by atoms with van der Waals surface area (Å²) in [6.07, 6.45) is -0.377. The quantitative estimate of drug-likeness (QED) is 0.272. The molecule has 1 heterocycles. The van der Waals surface area contributed by atoms with Crippen molar-refractivity contribution in [3.05, 3.63) is 90.8 Å². The van der Waals surface area contributed by atoms with E-state index in [1.165, 1.54) is 11.8 Å². The number of methoxy groups -OCH3 is 1. The summed E-state index contributed by atoms with van der Waals surface area (Å²) in [6, 6.07) is 26.9. The van der Waals surface area contributed by atoms with Gasteiger partial charge < -0.3 is 14.4 Å². The van der Waals surface area contributed by atoms with Crippen molar-refractivity contribution in [3.63, 3.8) is 0 Å². The number of ether oxygens (including phenoxy) is 2. The van der Waals surface area contributed by atoms with Gasteiger partial charge in [0.05, 0.1) is 12.9 Å². The Morgan fingerprint density at radius 2 is 1.57 bits per heavy atom. The summed E-state index contributed by atoms with van der Waals surface area (Å²) >= 11 is 1.36. The van der Waals surface area contributed by atoms with E-state index in [-0.39, 0.29) is 17.8 Å². The second kappa shape index (κ2) is 11.6. The molecule has 1 unspecified atom stereocenters. The molecule has 4 aromatic rings. The van der Waals surface area contributed by atoms with Gasteiger partial charge in [0.15, 0.2) is 17.1 Å². The normalized spacial score (nSPS) is 11.6. The molecule has 0 fully saturated rings. The number of hydrogen-bond donors (Lipinski definition) is 0. The molecule has 0 bridgehead atoms. The van der Waals surface area contributed by atoms with Crippen LogP contribution < -0.4 is 14.4 Å². The summed E-state index contributed by atoms with van der Waals surface area (Å²) in [4.78, 5) is 14.8. The predicted octanol–water partition coefficient (Wildman–Crippen LogP) is 5.56. The topological polar surface area (TPSA) is 69.5 Å². The van der Waals surface area contributed by atoms with E-state index in [4.69, 9.17) is 9.47 Å². The molecule has 0 aliphatic heterocycles. The lowest BCUT2D eigenvalue weighted by Crippen LogP contribution is -2.32. The van der Waals surface area contributed by atoms with Gasteiger partial charge in [-0.15, -0.1) is 10.2 Å². The molecule has 7 nitrogen and oxygen atoms in total. The zero-order valence-electron chi connectivity index (χ0n) is 20.0. The summed E-state index contributed by atoms with van der Waals surface area (Å²) in [7, 11) is 1.63. The van der Waals surface area contributed by atoms with E-state index in [1.54, 1.807) is 12.0 Å². The Morgan fingerprint density at radius 3 is 2.20 bits per heavy atom. The van der Waals surface area contributed by atoms with Crippen LogP contribution in [0, 0.1) is 0 Å². The van der Waals surface area contributed by atoms with Gasteiger partial charge in [-0.1, -0.05) is 48.2 Å². The lowest BCUT2D eigenvalue weighted by molar-refractivity contribution is -0.116. The van der Waals surface area contributed by atoms with Crippen LogP contribution in [-0.4, -0.2) is 40.1 Å². The maximum atomic E-state index is 13.0. The lowest BCUT2D eigenvalue weighted by atomic mass is 10.3. The van der Waals surface area contributed by atoms with Crippen LogP contribution in [0.25, 0.3) is 5.69 Å². The first-order chi connectivity index (χ1) is 17.1. The van der Waals surface area contributed by atoms with E-state index in [0.717, 1.165) is 17.1 Å². The summed E-state index contributed by atoms with van der Waals surface area (Å²) < 4.78 is 13.3. The molecule has 0 N–H and O–H groups in total. The van der Waals surface area contributed by atoms with Crippen molar-refractivity contribution < 1.29 is 14.3 Å². The van der Waals surface area contributed by atoms with Gasteiger partial charge in [0.25, 0.3) is 0 Å². The van der Waals surface area contributed by atoms with Crippen LogP contribution >= 0.6 is 11.8 Å². The van der Waals surface area contributed by atoms with Crippen molar-refractivity contribution in [1.29, 1.82) is 0 Å². The maximum Gasteiger partial charge on any atom is 0.237 e. The van der Waals surface area contributed by atoms with E-state index in [0.29, 0.717) is 23.3 Å². The molecule has 3 aromatic carbocycles. The first-order valence-electron chi connectivity index (χ1n) is 11.4. The van der Waals surface area contributed by atoms with Gasteiger partial charge in [-0.3, -0.25) is 9.36 Å². The number of amides is 1. The van der Waals surface area contributed by atoms with Crippen molar-refractivity contribution in [3.8, 4) is 17.2 Å². The van der Waals surface area contributed by atoms with E-state index in [1.807, 2.05) is 103 Å². The fourth-order valence-corrected chi connectivity index (χ4v) is 4.52. The average molecular weight is 489 g/mol. The van der Waals surface area contributed by atoms with Crippen LogP contribution in [0.15, 0.2) is 90.1 Å². The van der Waals surface area contributed by atoms with Crippen molar-refractivity contribution >= 4 is 23.4 Å². The fraction of sp³-hybridized carbons (Fsp3) is 0.222. The Balaban J connectivity index is 1.56. The van der Waals surface area contributed by atoms with Gasteiger partial charge in [-0.25, -0.2) is 0 Å². The molecule has 1 atom stereocenters. The number of carbonyl (C=O) groups is 1. The molecular weight excluding hydrogens is 460 g/mol. The van der Waals surface area contributed by atoms with Crippen LogP contribution in [0.3, 0.4) is 0 Å². The minimum Gasteiger partial charge on any atom is -0.497 e. The number of para-hydroxylation sites is 2. The Morgan fingerprint density at radius 1 is 0.943 bits per heavy atom. The Hall–Kier alpha value is -3.78. The van der Waals surface area contributed by atoms with Crippen molar-refractivity contribution in [2.45, 2.75) is 25.1 Å². The third-order valence-electron chi connectivity index (χ3n) is 5.42. The second-order valence-corrected chi connectivity index (χ2v) is 8.65. The van der Waals surface area contributed by atoms with E-state index >= 15 is 0 Å². The zero-order chi connectivity index (χ0) is 24.6. The number of thioether (sulfide) groups is 1. The van der Waals surface area contributed by atoms with Gasteiger partial charge in [0, 0.05) is 17.9 Å². The monoisotopic (exact) mass is 488 g/mol. The Labute approximate surface area is 209 Å². The third kappa shape index (κ3) is 5.84. The SMILES string of the molecule is CCN(C(=O)CSc1nnc(C(C)Oc2ccc(OC)cc2)n1-c1ccccc1)c1ccccc1. The van der Waals surface area contributed by atoms with Gasteiger partial charge in [-0.05, 0) is 62.4 Å². The van der Waals surface area contributed by atoms with Crippen LogP contribution in [-0.2, 0) is 4.79 Å². The zero-order valence-corrected chi connectivity index (χ0v) is 20.8. The molecular formula is C27H28N4O3S. The van der Waals surface area contributed by atoms with Gasteiger partial charge in [0.2, 0.25) is 5.91 Å². The van der Waals surface area contributed by atoms with Crippen LogP contribution in [0.2, 0.25) is 0 Å². The summed E-state index contributed by atoms with van der Waals surface area (Å²) in [5.41, 5.74) is 1.79. The van der Waals surface area contributed by atoms with Crippen molar-refractivity contribution in [2.75, 3.05) is 24.3 Å². The van der Waals surface area contributed by atoms with E-state index in [9.17, 15) is 4.79 Å². The van der Waals surface area contributed by atoms with Crippen LogP contribution in [0.1, 0.15) is 25.8 Å². The van der Waals surface area contributed by atoms with E-state index < -0.39 is 0 Å². The molecule has 0 aliphatic rings. The smallest absolute Gasteiger partial charge is 0.237 e. The van der Waals surface area contributed by atoms with Crippen LogP contribution in [0.4, 0.5) is 5.69 Å². The first-order valence-corrected chi connectivity index (χ1v) is 12.4. The molecule has 0 saturated heterocycles. The highest BCUT2D eigenvalue weighted by molar-refractivity contribution is 7.99. The minimum atomic E-state index is -0.377. The molecule has 1 aromatic heterocycles. The lowest BCUT2D eigenvalue weighted by Gasteiger charge is -2.21. The molecule has 0 aliphatic carbocycles. The summed E-state index contributed by atoms with van der Waals surface area (Å²) in [5, 5.41) is 9.49. The van der Waals surface area contributed by atoms with Gasteiger partial charge >= 0.3 is 0 Å². The number of benzene rings is 3. The summed E-state index contributed by atoms with van der Waals surface area (Å²) in [6.45, 7) is 4.49. The number of carbonyl (C=O) groups excluding carboxylic acids is 1. The molecule has 1 amide bonds. The number of hydrogen-bond acceptors (Lipinski definition) is 6. The van der Waals surface area contributed by atoms with Crippen LogP contribution in [0.5, 0.6) is 11.5 Å². The highest BCUT2D eigenvalue weighted by Crippen LogP contribution is 2.29. The number of aromatic nitrogens is 3. The average Bonchev–Trinajstić information content (AvgIpc) is 3.34. The second-order valence-electron chi connectivity index (χ2n) is 7.71. The molecule has 180 valence electrons. The van der Waals surface area contributed by atoms with E-state index in [2.05, 4.69) is 10.2 Å². The van der Waals surface area contributed by atoms with Crippen molar-refractivity contribution in [1.82, 2.24) is 14.8 Å². The first kappa shape index (κ1) is 24.3. The Bertz CT molecular complexity index is 1230. The van der Waals surface area contributed by atoms with Gasteiger partial charge in [0.1, 0.15) is 11.5 Å². The molecule has 4 rings (SSSR count). The highest BCUT2D eigenvalue weighted by atomic mass is 32.2. The Kier molecular flexibility index (Phi) is 8.05. The highest BCUT2D eigenvalue weighted by Gasteiger charge is 2.23. The fourth-order valence-electron chi connectivity index (χ4n) is 3.68. The third-order valence-corrected chi connectivity index (χ3v) is 6.33. The number of nitrogens with zero attached hydrogens (tertiary/aromatic N) is 4. The maximum absolute atomic E-state index is 13.0. The molecule has 0 saturated carbocycles. The molecule has 35 heavy (non-hydrogen) atoms.